The van der Waals surface area contributed by atoms with Crippen molar-refractivity contribution in [2.24, 2.45) is 0 Å². The van der Waals surface area contributed by atoms with Crippen molar-refractivity contribution in [3.05, 3.63) is 91.2 Å². The third kappa shape index (κ3) is 4.17. The van der Waals surface area contributed by atoms with Crippen LogP contribution in [0.2, 0.25) is 10.0 Å². The van der Waals surface area contributed by atoms with Crippen molar-refractivity contribution in [3.8, 4) is 0 Å². The molecule has 7 nitrogen and oxygen atoms in total. The highest BCUT2D eigenvalue weighted by Gasteiger charge is 2.35. The van der Waals surface area contributed by atoms with E-state index in [4.69, 9.17) is 23.2 Å². The molecule has 0 spiro atoms. The number of aliphatic hydroxyl groups excluding tert-OH is 1. The minimum Gasteiger partial charge on any atom is -0.382 e. The molecule has 0 saturated carbocycles. The van der Waals surface area contributed by atoms with E-state index in [0.717, 1.165) is 0 Å². The van der Waals surface area contributed by atoms with Gasteiger partial charge in [-0.05, 0) is 37.6 Å². The smallest absolute Gasteiger partial charge is 0.312 e. The Labute approximate surface area is 176 Å². The predicted octanol–water partition coefficient (Wildman–Crippen LogP) is 4.55. The molecular weight excluding hydrogens is 417 g/mol. The maximum atomic E-state index is 12.9. The van der Waals surface area contributed by atoms with Crippen LogP contribution in [0.15, 0.2) is 48.5 Å². The van der Waals surface area contributed by atoms with Gasteiger partial charge in [-0.15, -0.1) is 0 Å². The zero-order valence-electron chi connectivity index (χ0n) is 15.5. The summed E-state index contributed by atoms with van der Waals surface area (Å²) in [6.45, 7) is 3.01. The van der Waals surface area contributed by atoms with Gasteiger partial charge in [0.1, 0.15) is 23.5 Å². The first-order chi connectivity index (χ1) is 13.7. The number of benzene rings is 2. The maximum absolute atomic E-state index is 12.9. The number of aliphatic hydroxyl groups is 1. The zero-order chi connectivity index (χ0) is 21.3. The number of aromatic nitrogens is 2. The number of halogens is 2. The molecule has 29 heavy (non-hydrogen) atoms. The Balaban J connectivity index is 2.19. The van der Waals surface area contributed by atoms with E-state index >= 15 is 0 Å². The van der Waals surface area contributed by atoms with Crippen LogP contribution in [0.5, 0.6) is 0 Å². The molecule has 3 aromatic rings. The normalized spacial score (nSPS) is 13.1. The lowest BCUT2D eigenvalue weighted by Crippen LogP contribution is -2.34. The van der Waals surface area contributed by atoms with Gasteiger partial charge in [0.25, 0.3) is 0 Å². The van der Waals surface area contributed by atoms with Crippen LogP contribution in [0.4, 0.5) is 5.69 Å². The number of carbonyl (C=O) groups is 1. The first kappa shape index (κ1) is 21.0. The van der Waals surface area contributed by atoms with Gasteiger partial charge in [0.2, 0.25) is 0 Å². The Morgan fingerprint density at radius 1 is 1.14 bits per heavy atom. The maximum Gasteiger partial charge on any atom is 0.312 e. The van der Waals surface area contributed by atoms with Crippen LogP contribution in [0.25, 0.3) is 0 Å². The Morgan fingerprint density at radius 3 is 2.24 bits per heavy atom. The number of Topliss-reactive ketones (excluding diaryl/α,β-unsaturated/α-hetero) is 1. The lowest BCUT2D eigenvalue weighted by Gasteiger charge is -2.24. The summed E-state index contributed by atoms with van der Waals surface area (Å²) in [6, 6.07) is 11.8. The Kier molecular flexibility index (Phi) is 6.02. The summed E-state index contributed by atoms with van der Waals surface area (Å²) in [5, 5.41) is 27.3. The van der Waals surface area contributed by atoms with Gasteiger partial charge < -0.3 is 5.11 Å². The molecule has 0 saturated heterocycles. The summed E-state index contributed by atoms with van der Waals surface area (Å²) in [5.74, 6) is -0.554. The van der Waals surface area contributed by atoms with E-state index < -0.39 is 22.9 Å². The number of hydrogen-bond acceptors (Lipinski definition) is 5. The molecule has 0 unspecified atom stereocenters. The monoisotopic (exact) mass is 433 g/mol. The Morgan fingerprint density at radius 2 is 1.72 bits per heavy atom. The molecular formula is C20H17Cl2N3O4. The highest BCUT2D eigenvalue weighted by atomic mass is 35.5. The van der Waals surface area contributed by atoms with E-state index in [1.54, 1.807) is 42.5 Å². The quantitative estimate of drug-likeness (QED) is 0.349. The van der Waals surface area contributed by atoms with E-state index in [0.29, 0.717) is 21.2 Å². The SMILES string of the molecule is Cc1nn([C@@H](c2cc(Cl)cc(Cl)c2)[C@H](O)C(=O)c2ccccc2)c(C)c1[N+](=O)[O-]. The fourth-order valence-corrected chi connectivity index (χ4v) is 3.85. The molecule has 9 heteroatoms. The number of aryl methyl sites for hydroxylation is 1. The van der Waals surface area contributed by atoms with Crippen LogP contribution in [-0.2, 0) is 0 Å². The zero-order valence-corrected chi connectivity index (χ0v) is 17.1. The molecule has 1 aromatic heterocycles. The molecule has 1 heterocycles. The molecule has 150 valence electrons. The number of nitrogens with zero attached hydrogens (tertiary/aromatic N) is 3. The highest BCUT2D eigenvalue weighted by Crippen LogP contribution is 2.33. The van der Waals surface area contributed by atoms with E-state index in [1.807, 2.05) is 0 Å². The van der Waals surface area contributed by atoms with Gasteiger partial charge in [-0.1, -0.05) is 53.5 Å². The number of nitro groups is 1. The molecule has 2 aromatic carbocycles. The van der Waals surface area contributed by atoms with Crippen molar-refractivity contribution in [2.75, 3.05) is 0 Å². The molecule has 3 rings (SSSR count). The molecule has 0 fully saturated rings. The third-order valence-corrected chi connectivity index (χ3v) is 5.02. The lowest BCUT2D eigenvalue weighted by atomic mass is 9.95. The predicted molar refractivity (Wildman–Crippen MR) is 110 cm³/mol. The fraction of sp³-hybridized carbons (Fsp3) is 0.200. The molecule has 0 aliphatic heterocycles. The van der Waals surface area contributed by atoms with Crippen LogP contribution in [-0.4, -0.2) is 31.7 Å². The first-order valence-corrected chi connectivity index (χ1v) is 9.39. The van der Waals surface area contributed by atoms with Crippen LogP contribution in [0.1, 0.15) is 33.4 Å². The van der Waals surface area contributed by atoms with Gasteiger partial charge in [0, 0.05) is 15.6 Å². The van der Waals surface area contributed by atoms with Crippen molar-refractivity contribution in [3.63, 3.8) is 0 Å². The third-order valence-electron chi connectivity index (χ3n) is 4.59. The number of hydrogen-bond donors (Lipinski definition) is 1. The molecule has 0 aliphatic carbocycles. The number of rotatable bonds is 6. The van der Waals surface area contributed by atoms with Gasteiger partial charge in [-0.3, -0.25) is 19.6 Å². The van der Waals surface area contributed by atoms with E-state index in [-0.39, 0.29) is 17.1 Å². The van der Waals surface area contributed by atoms with Gasteiger partial charge in [-0.2, -0.15) is 5.10 Å². The minimum absolute atomic E-state index is 0.171. The van der Waals surface area contributed by atoms with Crippen molar-refractivity contribution >= 4 is 34.7 Å². The second-order valence-electron chi connectivity index (χ2n) is 6.54. The standard InChI is InChI=1S/C20H17Cl2N3O4/c1-11-17(25(28)29)12(2)24(23-11)18(14-8-15(21)10-16(22)9-14)20(27)19(26)13-6-4-3-5-7-13/h3-10,18,20,27H,1-2H3/t18-,20-/m0/s1. The van der Waals surface area contributed by atoms with Gasteiger partial charge in [0.05, 0.1) is 4.92 Å². The number of carbonyl (C=O) groups excluding carboxylic acids is 1. The molecule has 1 N–H and O–H groups in total. The van der Waals surface area contributed by atoms with Crippen LogP contribution >= 0.6 is 23.2 Å². The largest absolute Gasteiger partial charge is 0.382 e. The summed E-state index contributed by atoms with van der Waals surface area (Å²) >= 11 is 12.2. The van der Waals surface area contributed by atoms with Crippen molar-refractivity contribution < 1.29 is 14.8 Å². The molecule has 2 atom stereocenters. The summed E-state index contributed by atoms with van der Waals surface area (Å²) in [5.41, 5.74) is 0.898. The van der Waals surface area contributed by atoms with E-state index in [9.17, 15) is 20.0 Å². The molecule has 0 amide bonds. The lowest BCUT2D eigenvalue weighted by molar-refractivity contribution is -0.386. The average Bonchev–Trinajstić information content (AvgIpc) is 2.95. The second kappa shape index (κ2) is 8.32. The van der Waals surface area contributed by atoms with Crippen molar-refractivity contribution in [1.82, 2.24) is 9.78 Å². The van der Waals surface area contributed by atoms with Gasteiger partial charge in [-0.25, -0.2) is 0 Å². The van der Waals surface area contributed by atoms with Crippen LogP contribution in [0, 0.1) is 24.0 Å². The topological polar surface area (TPSA) is 98.3 Å². The summed E-state index contributed by atoms with van der Waals surface area (Å²) in [4.78, 5) is 23.8. The summed E-state index contributed by atoms with van der Waals surface area (Å²) < 4.78 is 1.28. The van der Waals surface area contributed by atoms with Crippen molar-refractivity contribution in [2.45, 2.75) is 26.0 Å². The Hall–Kier alpha value is -2.74. The fourth-order valence-electron chi connectivity index (χ4n) is 3.31. The van der Waals surface area contributed by atoms with E-state index in [1.165, 1.54) is 24.6 Å². The van der Waals surface area contributed by atoms with E-state index in [2.05, 4.69) is 5.10 Å². The Bertz CT molecular complexity index is 1060. The van der Waals surface area contributed by atoms with Crippen LogP contribution < -0.4 is 0 Å². The van der Waals surface area contributed by atoms with Gasteiger partial charge >= 0.3 is 5.69 Å². The molecule has 0 bridgehead atoms. The first-order valence-electron chi connectivity index (χ1n) is 8.64. The summed E-state index contributed by atoms with van der Waals surface area (Å²) in [6.07, 6.45) is -1.58. The number of ketones is 1. The highest BCUT2D eigenvalue weighted by molar-refractivity contribution is 6.34. The molecule has 0 aliphatic rings. The second-order valence-corrected chi connectivity index (χ2v) is 7.42. The van der Waals surface area contributed by atoms with Crippen molar-refractivity contribution in [1.29, 1.82) is 0 Å². The molecule has 0 radical (unpaired) electrons. The van der Waals surface area contributed by atoms with Gasteiger partial charge in [0.15, 0.2) is 5.78 Å². The average molecular weight is 434 g/mol. The summed E-state index contributed by atoms with van der Waals surface area (Å²) in [7, 11) is 0. The minimum atomic E-state index is -1.58. The van der Waals surface area contributed by atoms with Crippen LogP contribution in [0.3, 0.4) is 0 Å².